The van der Waals surface area contributed by atoms with Crippen molar-refractivity contribution in [3.8, 4) is 5.75 Å². The minimum Gasteiger partial charge on any atom is -0.489 e. The Morgan fingerprint density at radius 2 is 1.85 bits per heavy atom. The van der Waals surface area contributed by atoms with Crippen molar-refractivity contribution in [1.29, 1.82) is 0 Å². The van der Waals surface area contributed by atoms with Crippen molar-refractivity contribution in [2.24, 2.45) is 0 Å². The molecule has 0 fully saturated rings. The quantitative estimate of drug-likeness (QED) is 0.668. The molecule has 7 nitrogen and oxygen atoms in total. The van der Waals surface area contributed by atoms with Crippen LogP contribution in [0, 0.1) is 0 Å². The van der Waals surface area contributed by atoms with Gasteiger partial charge in [0, 0.05) is 6.20 Å². The molecule has 0 aliphatic heterocycles. The van der Waals surface area contributed by atoms with Gasteiger partial charge in [0.2, 0.25) is 0 Å². The third-order valence-corrected chi connectivity index (χ3v) is 3.57. The molecule has 0 unspecified atom stereocenters. The van der Waals surface area contributed by atoms with Gasteiger partial charge in [-0.25, -0.2) is 0 Å². The smallest absolute Gasteiger partial charge is 0.276 e. The van der Waals surface area contributed by atoms with Crippen molar-refractivity contribution in [2.45, 2.75) is 26.5 Å². The number of para-hydroxylation sites is 2. The number of aromatic nitrogens is 3. The standard InChI is InChI=1S/C20H21N5O2/c1-14(2)27-18-9-4-3-8-16(18)23-20(26)17-10-11-19(25-24-17)22-13-15-7-5-6-12-21-15/h3-12,14H,13H2,1-2H3,(H,22,25)(H,23,26). The van der Waals surface area contributed by atoms with Crippen LogP contribution in [0.5, 0.6) is 5.75 Å². The van der Waals surface area contributed by atoms with E-state index < -0.39 is 0 Å². The Kier molecular flexibility index (Phi) is 5.94. The monoisotopic (exact) mass is 363 g/mol. The summed E-state index contributed by atoms with van der Waals surface area (Å²) in [5.41, 5.74) is 1.70. The predicted molar refractivity (Wildman–Crippen MR) is 104 cm³/mol. The summed E-state index contributed by atoms with van der Waals surface area (Å²) in [6.45, 7) is 4.39. The highest BCUT2D eigenvalue weighted by Crippen LogP contribution is 2.25. The van der Waals surface area contributed by atoms with E-state index in [1.807, 2.05) is 50.2 Å². The average Bonchev–Trinajstić information content (AvgIpc) is 2.69. The highest BCUT2D eigenvalue weighted by molar-refractivity contribution is 6.03. The lowest BCUT2D eigenvalue weighted by Gasteiger charge is -2.14. The van der Waals surface area contributed by atoms with E-state index in [0.717, 1.165) is 5.69 Å². The second-order valence-electron chi connectivity index (χ2n) is 6.10. The Bertz CT molecular complexity index is 882. The van der Waals surface area contributed by atoms with E-state index in [4.69, 9.17) is 4.74 Å². The lowest BCUT2D eigenvalue weighted by Crippen LogP contribution is -2.16. The summed E-state index contributed by atoms with van der Waals surface area (Å²) < 4.78 is 5.71. The number of pyridine rings is 1. The first-order valence-corrected chi connectivity index (χ1v) is 8.66. The number of nitrogens with one attached hydrogen (secondary N) is 2. The van der Waals surface area contributed by atoms with Gasteiger partial charge in [0.1, 0.15) is 11.6 Å². The number of ether oxygens (including phenoxy) is 1. The zero-order valence-electron chi connectivity index (χ0n) is 15.2. The van der Waals surface area contributed by atoms with E-state index in [-0.39, 0.29) is 17.7 Å². The molecule has 0 aliphatic rings. The first-order valence-electron chi connectivity index (χ1n) is 8.66. The number of benzene rings is 1. The van der Waals surface area contributed by atoms with Gasteiger partial charge >= 0.3 is 0 Å². The summed E-state index contributed by atoms with van der Waals surface area (Å²) in [5.74, 6) is 0.835. The molecule has 0 saturated carbocycles. The molecule has 2 heterocycles. The fourth-order valence-corrected chi connectivity index (χ4v) is 2.34. The zero-order valence-corrected chi connectivity index (χ0v) is 15.2. The van der Waals surface area contributed by atoms with Crippen molar-refractivity contribution in [2.75, 3.05) is 10.6 Å². The molecule has 1 amide bonds. The maximum absolute atomic E-state index is 12.4. The molecule has 138 valence electrons. The Morgan fingerprint density at radius 1 is 1.04 bits per heavy atom. The first kappa shape index (κ1) is 18.3. The van der Waals surface area contributed by atoms with E-state index in [0.29, 0.717) is 23.8 Å². The summed E-state index contributed by atoms with van der Waals surface area (Å²) in [4.78, 5) is 16.7. The Hall–Kier alpha value is -3.48. The first-order chi connectivity index (χ1) is 13.1. The number of rotatable bonds is 7. The van der Waals surface area contributed by atoms with Crippen molar-refractivity contribution in [1.82, 2.24) is 15.2 Å². The van der Waals surface area contributed by atoms with Crippen LogP contribution in [0.2, 0.25) is 0 Å². The van der Waals surface area contributed by atoms with Gasteiger partial charge in [-0.1, -0.05) is 18.2 Å². The predicted octanol–water partition coefficient (Wildman–Crippen LogP) is 3.52. The van der Waals surface area contributed by atoms with Crippen LogP contribution in [0.15, 0.2) is 60.8 Å². The van der Waals surface area contributed by atoms with Gasteiger partial charge < -0.3 is 15.4 Å². The molecule has 0 atom stereocenters. The van der Waals surface area contributed by atoms with Crippen LogP contribution in [-0.4, -0.2) is 27.2 Å². The Balaban J connectivity index is 1.62. The van der Waals surface area contributed by atoms with Crippen LogP contribution in [0.25, 0.3) is 0 Å². The fraction of sp³-hybridized carbons (Fsp3) is 0.200. The molecule has 0 bridgehead atoms. The second kappa shape index (κ2) is 8.75. The Morgan fingerprint density at radius 3 is 2.56 bits per heavy atom. The van der Waals surface area contributed by atoms with E-state index in [1.54, 1.807) is 24.4 Å². The maximum Gasteiger partial charge on any atom is 0.276 e. The number of nitrogens with zero attached hydrogens (tertiary/aromatic N) is 3. The Labute approximate surface area is 157 Å². The number of anilines is 2. The number of amides is 1. The third kappa shape index (κ3) is 5.24. The highest BCUT2D eigenvalue weighted by Gasteiger charge is 2.12. The summed E-state index contributed by atoms with van der Waals surface area (Å²) >= 11 is 0. The van der Waals surface area contributed by atoms with Gasteiger partial charge in [-0.2, -0.15) is 0 Å². The van der Waals surface area contributed by atoms with E-state index in [9.17, 15) is 4.79 Å². The molecular formula is C20H21N5O2. The molecular weight excluding hydrogens is 342 g/mol. The van der Waals surface area contributed by atoms with Crippen molar-refractivity contribution in [3.63, 3.8) is 0 Å². The molecule has 2 N–H and O–H groups in total. The molecule has 1 aromatic carbocycles. The van der Waals surface area contributed by atoms with Crippen LogP contribution in [0.1, 0.15) is 30.0 Å². The maximum atomic E-state index is 12.4. The van der Waals surface area contributed by atoms with Gasteiger partial charge in [-0.3, -0.25) is 9.78 Å². The summed E-state index contributed by atoms with van der Waals surface area (Å²) in [7, 11) is 0. The van der Waals surface area contributed by atoms with Crippen molar-refractivity contribution >= 4 is 17.4 Å². The number of hydrogen-bond donors (Lipinski definition) is 2. The van der Waals surface area contributed by atoms with E-state index >= 15 is 0 Å². The molecule has 7 heteroatoms. The SMILES string of the molecule is CC(C)Oc1ccccc1NC(=O)c1ccc(NCc2ccccn2)nn1. The lowest BCUT2D eigenvalue weighted by atomic mass is 10.2. The summed E-state index contributed by atoms with van der Waals surface area (Å²) in [5, 5.41) is 14.0. The largest absolute Gasteiger partial charge is 0.489 e. The summed E-state index contributed by atoms with van der Waals surface area (Å²) in [6.07, 6.45) is 1.74. The van der Waals surface area contributed by atoms with Crippen LogP contribution >= 0.6 is 0 Å². The van der Waals surface area contributed by atoms with Gasteiger partial charge in [-0.15, -0.1) is 10.2 Å². The normalized spacial score (nSPS) is 10.5. The van der Waals surface area contributed by atoms with Crippen LogP contribution in [-0.2, 0) is 6.54 Å². The van der Waals surface area contributed by atoms with Gasteiger partial charge in [0.15, 0.2) is 5.69 Å². The molecule has 0 spiro atoms. The molecule has 2 aromatic heterocycles. The molecule has 0 aliphatic carbocycles. The summed E-state index contributed by atoms with van der Waals surface area (Å²) in [6, 6.07) is 16.3. The van der Waals surface area contributed by atoms with Crippen LogP contribution < -0.4 is 15.4 Å². The lowest BCUT2D eigenvalue weighted by molar-refractivity contribution is 0.102. The molecule has 0 saturated heterocycles. The molecule has 3 rings (SSSR count). The van der Waals surface area contributed by atoms with Crippen LogP contribution in [0.4, 0.5) is 11.5 Å². The number of carbonyl (C=O) groups is 1. The average molecular weight is 363 g/mol. The molecule has 0 radical (unpaired) electrons. The molecule has 3 aromatic rings. The molecule has 27 heavy (non-hydrogen) atoms. The van der Waals surface area contributed by atoms with Gasteiger partial charge in [-0.05, 0) is 50.2 Å². The topological polar surface area (TPSA) is 89.0 Å². The minimum atomic E-state index is -0.349. The third-order valence-electron chi connectivity index (χ3n) is 3.57. The fourth-order valence-electron chi connectivity index (χ4n) is 2.34. The number of carbonyl (C=O) groups excluding carboxylic acids is 1. The van der Waals surface area contributed by atoms with Crippen LogP contribution in [0.3, 0.4) is 0 Å². The van der Waals surface area contributed by atoms with E-state index in [2.05, 4.69) is 25.8 Å². The second-order valence-corrected chi connectivity index (χ2v) is 6.10. The number of hydrogen-bond acceptors (Lipinski definition) is 6. The highest BCUT2D eigenvalue weighted by atomic mass is 16.5. The van der Waals surface area contributed by atoms with Gasteiger partial charge in [0.25, 0.3) is 5.91 Å². The van der Waals surface area contributed by atoms with Crippen molar-refractivity contribution < 1.29 is 9.53 Å². The van der Waals surface area contributed by atoms with Crippen molar-refractivity contribution in [3.05, 3.63) is 72.2 Å². The van der Waals surface area contributed by atoms with E-state index in [1.165, 1.54) is 0 Å². The zero-order chi connectivity index (χ0) is 19.1. The van der Waals surface area contributed by atoms with Gasteiger partial charge in [0.05, 0.1) is 24.0 Å². The minimum absolute atomic E-state index is 0.00676.